The third-order valence-electron chi connectivity index (χ3n) is 5.58. The average molecular weight is 407 g/mol. The fourth-order valence-corrected chi connectivity index (χ4v) is 3.72. The standard InChI is InChI=1S/C22H35FN4O2/c1-5-17(6-2)21(28)27-11-9-19(10-12-27)26-22(24-3)25-14-16-7-8-20(23)18(13-16)15-29-4/h7-8,13,17,19H,5-6,9-12,14-15H2,1-4H3,(H2,24,25,26). The predicted octanol–water partition coefficient (Wildman–Crippen LogP) is 3.06. The molecule has 0 saturated carbocycles. The van der Waals surface area contributed by atoms with Gasteiger partial charge in [0.2, 0.25) is 5.91 Å². The lowest BCUT2D eigenvalue weighted by atomic mass is 9.98. The van der Waals surface area contributed by atoms with Gasteiger partial charge in [0.05, 0.1) is 6.61 Å². The van der Waals surface area contributed by atoms with E-state index in [4.69, 9.17) is 4.74 Å². The van der Waals surface area contributed by atoms with Crippen LogP contribution in [0.3, 0.4) is 0 Å². The average Bonchev–Trinajstić information content (AvgIpc) is 2.74. The van der Waals surface area contributed by atoms with E-state index in [1.165, 1.54) is 6.07 Å². The highest BCUT2D eigenvalue weighted by atomic mass is 19.1. The van der Waals surface area contributed by atoms with Crippen molar-refractivity contribution >= 4 is 11.9 Å². The van der Waals surface area contributed by atoms with Crippen LogP contribution in [0.1, 0.15) is 50.7 Å². The van der Waals surface area contributed by atoms with Gasteiger partial charge in [-0.3, -0.25) is 9.79 Å². The fourth-order valence-electron chi connectivity index (χ4n) is 3.72. The van der Waals surface area contributed by atoms with Crippen LogP contribution in [0, 0.1) is 11.7 Å². The molecule has 7 heteroatoms. The minimum atomic E-state index is -0.257. The molecule has 0 spiro atoms. The molecule has 0 aliphatic carbocycles. The predicted molar refractivity (Wildman–Crippen MR) is 114 cm³/mol. The molecule has 1 saturated heterocycles. The number of carbonyl (C=O) groups is 1. The van der Waals surface area contributed by atoms with E-state index >= 15 is 0 Å². The minimum absolute atomic E-state index is 0.146. The van der Waals surface area contributed by atoms with Gasteiger partial charge in [-0.1, -0.05) is 19.9 Å². The summed E-state index contributed by atoms with van der Waals surface area (Å²) in [5.74, 6) is 0.895. The molecular weight excluding hydrogens is 371 g/mol. The molecule has 29 heavy (non-hydrogen) atoms. The van der Waals surface area contributed by atoms with Gasteiger partial charge in [-0.05, 0) is 43.4 Å². The van der Waals surface area contributed by atoms with E-state index < -0.39 is 0 Å². The smallest absolute Gasteiger partial charge is 0.225 e. The lowest BCUT2D eigenvalue weighted by molar-refractivity contribution is -0.136. The zero-order valence-corrected chi connectivity index (χ0v) is 18.1. The zero-order chi connectivity index (χ0) is 21.2. The van der Waals surface area contributed by atoms with Gasteiger partial charge in [-0.25, -0.2) is 4.39 Å². The van der Waals surface area contributed by atoms with Crippen LogP contribution in [0.25, 0.3) is 0 Å². The van der Waals surface area contributed by atoms with Gasteiger partial charge in [-0.15, -0.1) is 0 Å². The highest BCUT2D eigenvalue weighted by molar-refractivity contribution is 5.80. The Morgan fingerprint density at radius 2 is 2.00 bits per heavy atom. The van der Waals surface area contributed by atoms with Crippen LogP contribution in [0.5, 0.6) is 0 Å². The summed E-state index contributed by atoms with van der Waals surface area (Å²) >= 11 is 0. The molecule has 1 fully saturated rings. The molecule has 2 rings (SSSR count). The van der Waals surface area contributed by atoms with Gasteiger partial charge in [0.15, 0.2) is 5.96 Å². The molecule has 1 amide bonds. The molecule has 1 aromatic rings. The molecule has 1 aliphatic rings. The van der Waals surface area contributed by atoms with E-state index in [1.54, 1.807) is 26.3 Å². The Bertz CT molecular complexity index is 683. The summed E-state index contributed by atoms with van der Waals surface area (Å²) in [6, 6.07) is 5.32. The summed E-state index contributed by atoms with van der Waals surface area (Å²) < 4.78 is 18.8. The first-order valence-electron chi connectivity index (χ1n) is 10.5. The number of rotatable bonds is 8. The van der Waals surface area contributed by atoms with Crippen molar-refractivity contribution in [2.24, 2.45) is 10.9 Å². The van der Waals surface area contributed by atoms with Crippen molar-refractivity contribution in [2.75, 3.05) is 27.2 Å². The number of halogens is 1. The van der Waals surface area contributed by atoms with E-state index in [9.17, 15) is 9.18 Å². The van der Waals surface area contributed by atoms with E-state index in [1.807, 2.05) is 4.90 Å². The van der Waals surface area contributed by atoms with Crippen LogP contribution in [-0.2, 0) is 22.7 Å². The molecule has 0 aromatic heterocycles. The van der Waals surface area contributed by atoms with Gasteiger partial charge in [-0.2, -0.15) is 0 Å². The maximum atomic E-state index is 13.7. The van der Waals surface area contributed by atoms with Crippen molar-refractivity contribution in [1.82, 2.24) is 15.5 Å². The molecule has 2 N–H and O–H groups in total. The number of hydrogen-bond acceptors (Lipinski definition) is 3. The molecule has 0 atom stereocenters. The van der Waals surface area contributed by atoms with Crippen LogP contribution < -0.4 is 10.6 Å². The quantitative estimate of drug-likeness (QED) is 0.514. The lowest BCUT2D eigenvalue weighted by Gasteiger charge is -2.34. The molecule has 0 radical (unpaired) electrons. The summed E-state index contributed by atoms with van der Waals surface area (Å²) in [5.41, 5.74) is 1.51. The second-order valence-electron chi connectivity index (χ2n) is 7.54. The topological polar surface area (TPSA) is 66.0 Å². The van der Waals surface area contributed by atoms with E-state index in [-0.39, 0.29) is 24.4 Å². The summed E-state index contributed by atoms with van der Waals surface area (Å²) in [6.07, 6.45) is 3.61. The molecule has 1 heterocycles. The van der Waals surface area contributed by atoms with E-state index in [0.717, 1.165) is 44.3 Å². The number of carbonyl (C=O) groups excluding carboxylic acids is 1. The highest BCUT2D eigenvalue weighted by Gasteiger charge is 2.26. The summed E-state index contributed by atoms with van der Waals surface area (Å²) in [6.45, 7) is 6.51. The van der Waals surface area contributed by atoms with Gasteiger partial charge in [0.1, 0.15) is 5.82 Å². The highest BCUT2D eigenvalue weighted by Crippen LogP contribution is 2.17. The first-order valence-corrected chi connectivity index (χ1v) is 10.5. The van der Waals surface area contributed by atoms with Crippen molar-refractivity contribution in [3.8, 4) is 0 Å². The number of nitrogens with one attached hydrogen (secondary N) is 2. The second kappa shape index (κ2) is 11.8. The van der Waals surface area contributed by atoms with Crippen LogP contribution in [0.2, 0.25) is 0 Å². The van der Waals surface area contributed by atoms with Crippen molar-refractivity contribution in [2.45, 2.75) is 58.7 Å². The Morgan fingerprint density at radius 3 is 2.59 bits per heavy atom. The SMILES string of the molecule is CCC(CC)C(=O)N1CCC(NC(=NC)NCc2ccc(F)c(COC)c2)CC1. The van der Waals surface area contributed by atoms with Crippen LogP contribution in [0.15, 0.2) is 23.2 Å². The molecule has 162 valence electrons. The maximum absolute atomic E-state index is 13.7. The van der Waals surface area contributed by atoms with E-state index in [0.29, 0.717) is 24.0 Å². The second-order valence-corrected chi connectivity index (χ2v) is 7.54. The molecule has 1 aliphatic heterocycles. The van der Waals surface area contributed by atoms with E-state index in [2.05, 4.69) is 29.5 Å². The Morgan fingerprint density at radius 1 is 1.31 bits per heavy atom. The van der Waals surface area contributed by atoms with Crippen molar-refractivity contribution < 1.29 is 13.9 Å². The summed E-state index contributed by atoms with van der Waals surface area (Å²) in [4.78, 5) is 18.8. The van der Waals surface area contributed by atoms with Crippen molar-refractivity contribution in [1.29, 1.82) is 0 Å². The number of guanidine groups is 1. The maximum Gasteiger partial charge on any atom is 0.225 e. The normalized spacial score (nSPS) is 15.7. The number of aliphatic imine (C=N–C) groups is 1. The van der Waals surface area contributed by atoms with Gasteiger partial charge >= 0.3 is 0 Å². The monoisotopic (exact) mass is 406 g/mol. The van der Waals surface area contributed by atoms with Gasteiger partial charge < -0.3 is 20.3 Å². The number of benzene rings is 1. The largest absolute Gasteiger partial charge is 0.380 e. The Balaban J connectivity index is 1.83. The number of nitrogens with zero attached hydrogens (tertiary/aromatic N) is 2. The van der Waals surface area contributed by atoms with Crippen molar-refractivity contribution in [3.63, 3.8) is 0 Å². The molecule has 0 bridgehead atoms. The molecule has 0 unspecified atom stereocenters. The number of amides is 1. The summed E-state index contributed by atoms with van der Waals surface area (Å²) in [5, 5.41) is 6.73. The van der Waals surface area contributed by atoms with Crippen LogP contribution in [0.4, 0.5) is 4.39 Å². The fraction of sp³-hybridized carbons (Fsp3) is 0.636. The number of likely N-dealkylation sites (tertiary alicyclic amines) is 1. The molecule has 1 aromatic carbocycles. The van der Waals surface area contributed by atoms with Gasteiger partial charge in [0, 0.05) is 51.3 Å². The first kappa shape index (κ1) is 23.1. The minimum Gasteiger partial charge on any atom is -0.380 e. The Kier molecular flexibility index (Phi) is 9.38. The van der Waals surface area contributed by atoms with Crippen molar-refractivity contribution in [3.05, 3.63) is 35.1 Å². The third kappa shape index (κ3) is 6.70. The number of hydrogen-bond donors (Lipinski definition) is 2. The zero-order valence-electron chi connectivity index (χ0n) is 18.1. The number of piperidine rings is 1. The number of ether oxygens (including phenoxy) is 1. The number of methoxy groups -OCH3 is 1. The Labute approximate surface area is 173 Å². The van der Waals surface area contributed by atoms with Gasteiger partial charge in [0.25, 0.3) is 0 Å². The molecular formula is C22H35FN4O2. The first-order chi connectivity index (χ1) is 14.0. The molecule has 6 nitrogen and oxygen atoms in total. The third-order valence-corrected chi connectivity index (χ3v) is 5.58. The summed E-state index contributed by atoms with van der Waals surface area (Å²) in [7, 11) is 3.29. The van der Waals surface area contributed by atoms with Crippen LogP contribution >= 0.6 is 0 Å². The Hall–Kier alpha value is -2.15. The lowest BCUT2D eigenvalue weighted by Crippen LogP contribution is -2.50. The van der Waals surface area contributed by atoms with Crippen LogP contribution in [-0.4, -0.2) is 50.1 Å².